The molecular weight excluding hydrogens is 274 g/mol. The van der Waals surface area contributed by atoms with Crippen molar-refractivity contribution >= 4 is 22.9 Å². The van der Waals surface area contributed by atoms with E-state index in [1.807, 2.05) is 39.0 Å². The Hall–Kier alpha value is -2.55. The Balaban J connectivity index is 2.08. The van der Waals surface area contributed by atoms with Gasteiger partial charge in [0.1, 0.15) is 5.71 Å². The average Bonchev–Trinajstić information content (AvgIpc) is 2.86. The van der Waals surface area contributed by atoms with Gasteiger partial charge in [-0.05, 0) is 49.1 Å². The second-order valence-electron chi connectivity index (χ2n) is 6.14. The molecule has 3 nitrogen and oxygen atoms in total. The number of carbonyl (C=O) groups excluding carboxylic acids is 2. The van der Waals surface area contributed by atoms with Crippen molar-refractivity contribution in [2.24, 2.45) is 4.99 Å². The van der Waals surface area contributed by atoms with E-state index in [-0.39, 0.29) is 11.6 Å². The highest BCUT2D eigenvalue weighted by molar-refractivity contribution is 6.61. The first-order valence-electron chi connectivity index (χ1n) is 7.38. The number of rotatable bonds is 0. The molecule has 0 N–H and O–H groups in total. The summed E-state index contributed by atoms with van der Waals surface area (Å²) in [5, 5.41) is 0. The molecule has 0 saturated carbocycles. The quantitative estimate of drug-likeness (QED) is 0.736. The van der Waals surface area contributed by atoms with Crippen LogP contribution in [0.25, 0.3) is 5.57 Å². The summed E-state index contributed by atoms with van der Waals surface area (Å²) < 4.78 is 0. The van der Waals surface area contributed by atoms with E-state index in [1.165, 1.54) is 0 Å². The second kappa shape index (κ2) is 4.23. The number of benzene rings is 1. The highest BCUT2D eigenvalue weighted by Gasteiger charge is 2.38. The lowest BCUT2D eigenvalue weighted by Gasteiger charge is -2.20. The van der Waals surface area contributed by atoms with Crippen molar-refractivity contribution in [3.8, 4) is 0 Å². The molecule has 1 heterocycles. The van der Waals surface area contributed by atoms with Crippen molar-refractivity contribution in [2.45, 2.75) is 27.2 Å². The van der Waals surface area contributed by atoms with E-state index >= 15 is 0 Å². The number of hydrogen-bond donors (Lipinski definition) is 0. The Morgan fingerprint density at radius 1 is 1.05 bits per heavy atom. The molecule has 0 spiro atoms. The number of carbonyl (C=O) groups is 2. The molecule has 0 amide bonds. The molecule has 1 aliphatic heterocycles. The van der Waals surface area contributed by atoms with Crippen molar-refractivity contribution in [1.29, 1.82) is 0 Å². The minimum Gasteiger partial charge on any atom is -0.292 e. The third kappa shape index (κ3) is 1.59. The van der Waals surface area contributed by atoms with Crippen LogP contribution < -0.4 is 0 Å². The largest absolute Gasteiger partial charge is 0.292 e. The molecule has 22 heavy (non-hydrogen) atoms. The van der Waals surface area contributed by atoms with Gasteiger partial charge in [-0.1, -0.05) is 23.8 Å². The van der Waals surface area contributed by atoms with E-state index < -0.39 is 0 Å². The van der Waals surface area contributed by atoms with Crippen LogP contribution in [0.2, 0.25) is 0 Å². The number of fused-ring (bicyclic) bond motifs is 4. The average molecular weight is 289 g/mol. The number of aryl methyl sites for hydroxylation is 1. The molecule has 0 fully saturated rings. The SMILES string of the molecule is CC1=CC(=O)C2=C3C(=NC2=C1C)C(=O)Cc1cc(C)ccc13. The summed E-state index contributed by atoms with van der Waals surface area (Å²) in [5.74, 6) is -0.0474. The van der Waals surface area contributed by atoms with Crippen LogP contribution in [0, 0.1) is 6.92 Å². The van der Waals surface area contributed by atoms with E-state index in [0.29, 0.717) is 23.4 Å². The van der Waals surface area contributed by atoms with Gasteiger partial charge in [-0.3, -0.25) is 9.59 Å². The summed E-state index contributed by atoms with van der Waals surface area (Å²) >= 11 is 0. The minimum atomic E-state index is -0.0481. The second-order valence-corrected chi connectivity index (χ2v) is 6.14. The molecule has 3 heteroatoms. The van der Waals surface area contributed by atoms with Gasteiger partial charge in [-0.25, -0.2) is 4.99 Å². The van der Waals surface area contributed by atoms with Crippen LogP contribution in [0.15, 0.2) is 51.7 Å². The van der Waals surface area contributed by atoms with Crippen LogP contribution in [0.5, 0.6) is 0 Å². The Kier molecular flexibility index (Phi) is 2.52. The fourth-order valence-corrected chi connectivity index (χ4v) is 3.37. The minimum absolute atomic E-state index is 0.000697. The first-order valence-corrected chi connectivity index (χ1v) is 7.38. The summed E-state index contributed by atoms with van der Waals surface area (Å²) in [5.41, 5.74) is 7.44. The molecule has 0 atom stereocenters. The zero-order valence-electron chi connectivity index (χ0n) is 12.8. The van der Waals surface area contributed by atoms with Crippen molar-refractivity contribution in [3.05, 3.63) is 63.4 Å². The lowest BCUT2D eigenvalue weighted by atomic mass is 9.80. The van der Waals surface area contributed by atoms with E-state index in [0.717, 1.165) is 33.4 Å². The van der Waals surface area contributed by atoms with Crippen LogP contribution in [0.1, 0.15) is 30.5 Å². The lowest BCUT2D eigenvalue weighted by molar-refractivity contribution is -0.112. The maximum Gasteiger partial charge on any atom is 0.189 e. The molecular formula is C19H15NO2. The number of hydrogen-bond acceptors (Lipinski definition) is 3. The van der Waals surface area contributed by atoms with Gasteiger partial charge in [0.2, 0.25) is 0 Å². The van der Waals surface area contributed by atoms with Gasteiger partial charge in [0.25, 0.3) is 0 Å². The molecule has 0 aromatic heterocycles. The summed E-state index contributed by atoms with van der Waals surface area (Å²) in [6, 6.07) is 6.05. The van der Waals surface area contributed by atoms with E-state index in [1.54, 1.807) is 6.08 Å². The molecule has 0 unspecified atom stereocenters. The van der Waals surface area contributed by atoms with Crippen LogP contribution in [0.3, 0.4) is 0 Å². The van der Waals surface area contributed by atoms with Gasteiger partial charge in [-0.2, -0.15) is 0 Å². The highest BCUT2D eigenvalue weighted by Crippen LogP contribution is 2.42. The van der Waals surface area contributed by atoms with Crippen LogP contribution in [0.4, 0.5) is 0 Å². The molecule has 2 aliphatic carbocycles. The monoisotopic (exact) mass is 289 g/mol. The van der Waals surface area contributed by atoms with Crippen LogP contribution in [-0.4, -0.2) is 17.3 Å². The number of allylic oxidation sites excluding steroid dienone is 5. The Labute approximate surface area is 128 Å². The zero-order valence-corrected chi connectivity index (χ0v) is 12.8. The van der Waals surface area contributed by atoms with Gasteiger partial charge >= 0.3 is 0 Å². The van der Waals surface area contributed by atoms with Gasteiger partial charge < -0.3 is 0 Å². The molecule has 4 rings (SSSR count). The molecule has 1 aromatic rings. The van der Waals surface area contributed by atoms with Crippen molar-refractivity contribution in [3.63, 3.8) is 0 Å². The van der Waals surface area contributed by atoms with Crippen LogP contribution in [-0.2, 0) is 16.0 Å². The molecule has 0 radical (unpaired) electrons. The van der Waals surface area contributed by atoms with Crippen molar-refractivity contribution in [1.82, 2.24) is 0 Å². The summed E-state index contributed by atoms with van der Waals surface area (Å²) in [6.45, 7) is 5.87. The smallest absolute Gasteiger partial charge is 0.189 e. The zero-order chi connectivity index (χ0) is 15.6. The third-order valence-corrected chi connectivity index (χ3v) is 4.63. The summed E-state index contributed by atoms with van der Waals surface area (Å²) in [7, 11) is 0. The molecule has 3 aliphatic rings. The molecule has 0 saturated heterocycles. The normalized spacial score (nSPS) is 19.8. The van der Waals surface area contributed by atoms with E-state index in [4.69, 9.17) is 0 Å². The number of Topliss-reactive ketones (excluding diaryl/α,β-unsaturated/α-hetero) is 1. The first kappa shape index (κ1) is 13.1. The van der Waals surface area contributed by atoms with Gasteiger partial charge in [0.15, 0.2) is 11.6 Å². The fraction of sp³-hybridized carbons (Fsp3) is 0.211. The predicted octanol–water partition coefficient (Wildman–Crippen LogP) is 3.13. The topological polar surface area (TPSA) is 46.5 Å². The Morgan fingerprint density at radius 2 is 1.82 bits per heavy atom. The molecule has 108 valence electrons. The van der Waals surface area contributed by atoms with Gasteiger partial charge in [0.05, 0.1) is 11.3 Å². The number of aliphatic imine (C=N–C) groups is 1. The van der Waals surface area contributed by atoms with Crippen molar-refractivity contribution in [2.75, 3.05) is 0 Å². The first-order chi connectivity index (χ1) is 10.5. The number of ketones is 2. The summed E-state index contributed by atoms with van der Waals surface area (Å²) in [4.78, 5) is 29.5. The van der Waals surface area contributed by atoms with Gasteiger partial charge in [0, 0.05) is 12.0 Å². The Morgan fingerprint density at radius 3 is 2.59 bits per heavy atom. The summed E-state index contributed by atoms with van der Waals surface area (Å²) in [6.07, 6.45) is 2.01. The van der Waals surface area contributed by atoms with Gasteiger partial charge in [-0.15, -0.1) is 0 Å². The van der Waals surface area contributed by atoms with E-state index in [2.05, 4.69) is 4.99 Å². The highest BCUT2D eigenvalue weighted by atomic mass is 16.1. The molecule has 0 bridgehead atoms. The van der Waals surface area contributed by atoms with E-state index in [9.17, 15) is 9.59 Å². The fourth-order valence-electron chi connectivity index (χ4n) is 3.37. The van der Waals surface area contributed by atoms with Crippen LogP contribution >= 0.6 is 0 Å². The standard InChI is InChI=1S/C19H15NO2/c1-9-4-5-13-12(6-9)8-15(22)19-16(13)17-14(21)7-10(2)11(3)18(17)20-19/h4-7H,8H2,1-3H3. The molecule has 1 aromatic carbocycles. The lowest BCUT2D eigenvalue weighted by Crippen LogP contribution is -2.24. The predicted molar refractivity (Wildman–Crippen MR) is 85.7 cm³/mol. The maximum absolute atomic E-state index is 12.5. The van der Waals surface area contributed by atoms with Crippen molar-refractivity contribution < 1.29 is 9.59 Å². The maximum atomic E-state index is 12.5. The third-order valence-electron chi connectivity index (χ3n) is 4.63. The number of nitrogens with zero attached hydrogens (tertiary/aromatic N) is 1. The Bertz CT molecular complexity index is 907.